The van der Waals surface area contributed by atoms with Crippen LogP contribution in [0.15, 0.2) is 18.2 Å². The lowest BCUT2D eigenvalue weighted by Gasteiger charge is -2.21. The summed E-state index contributed by atoms with van der Waals surface area (Å²) in [7, 11) is 1.56. The fourth-order valence-electron chi connectivity index (χ4n) is 3.24. The van der Waals surface area contributed by atoms with Crippen molar-refractivity contribution in [2.24, 2.45) is 17.3 Å². The van der Waals surface area contributed by atoms with Gasteiger partial charge in [0.15, 0.2) is 0 Å². The normalized spacial score (nSPS) is 26.6. The van der Waals surface area contributed by atoms with Crippen molar-refractivity contribution in [1.29, 1.82) is 0 Å². The van der Waals surface area contributed by atoms with Crippen molar-refractivity contribution in [3.8, 4) is 5.75 Å². The number of benzene rings is 1. The van der Waals surface area contributed by atoms with E-state index in [4.69, 9.17) is 10.5 Å². The summed E-state index contributed by atoms with van der Waals surface area (Å²) in [5.74, 6) is 0.221. The minimum atomic E-state index is -0.169. The Morgan fingerprint density at radius 3 is 2.35 bits per heavy atom. The van der Waals surface area contributed by atoms with Crippen LogP contribution in [-0.4, -0.2) is 23.8 Å². The first-order valence-corrected chi connectivity index (χ1v) is 6.65. The molecule has 2 aliphatic rings. The Bertz CT molecular complexity index is 585. The number of likely N-dealkylation sites (tertiary alicyclic amines) is 1. The highest BCUT2D eigenvalue weighted by molar-refractivity contribution is 6.10. The molecule has 5 nitrogen and oxygen atoms in total. The molecule has 2 amide bonds. The van der Waals surface area contributed by atoms with Gasteiger partial charge >= 0.3 is 0 Å². The summed E-state index contributed by atoms with van der Waals surface area (Å²) < 4.78 is 5.15. The van der Waals surface area contributed by atoms with Crippen molar-refractivity contribution >= 4 is 17.5 Å². The maximum atomic E-state index is 12.3. The Balaban J connectivity index is 1.82. The van der Waals surface area contributed by atoms with E-state index in [9.17, 15) is 9.59 Å². The monoisotopic (exact) mass is 274 g/mol. The zero-order valence-electron chi connectivity index (χ0n) is 11.8. The first-order valence-electron chi connectivity index (χ1n) is 6.65. The van der Waals surface area contributed by atoms with E-state index in [0.717, 1.165) is 5.56 Å². The average molecular weight is 274 g/mol. The third kappa shape index (κ3) is 1.69. The van der Waals surface area contributed by atoms with Crippen LogP contribution < -0.4 is 10.5 Å². The van der Waals surface area contributed by atoms with Crippen molar-refractivity contribution in [3.05, 3.63) is 23.8 Å². The van der Waals surface area contributed by atoms with Crippen LogP contribution in [0.4, 0.5) is 5.69 Å². The van der Waals surface area contributed by atoms with Crippen molar-refractivity contribution in [3.63, 3.8) is 0 Å². The highest BCUT2D eigenvalue weighted by Gasteiger charge is 2.72. The van der Waals surface area contributed by atoms with E-state index in [1.165, 1.54) is 4.90 Å². The predicted molar refractivity (Wildman–Crippen MR) is 73.7 cm³/mol. The molecule has 106 valence electrons. The maximum Gasteiger partial charge on any atom is 0.233 e. The van der Waals surface area contributed by atoms with Gasteiger partial charge < -0.3 is 10.5 Å². The third-order valence-corrected chi connectivity index (χ3v) is 4.46. The van der Waals surface area contributed by atoms with E-state index in [0.29, 0.717) is 11.4 Å². The molecule has 2 fully saturated rings. The number of fused-ring (bicyclic) bond motifs is 1. The van der Waals surface area contributed by atoms with E-state index in [1.54, 1.807) is 25.3 Å². The molecule has 2 N–H and O–H groups in total. The summed E-state index contributed by atoms with van der Waals surface area (Å²) >= 11 is 0. The van der Waals surface area contributed by atoms with Crippen LogP contribution in [0.25, 0.3) is 0 Å². The van der Waals surface area contributed by atoms with Crippen LogP contribution in [0.3, 0.4) is 0 Å². The van der Waals surface area contributed by atoms with Crippen LogP contribution >= 0.6 is 0 Å². The fourth-order valence-corrected chi connectivity index (χ4v) is 3.24. The van der Waals surface area contributed by atoms with Gasteiger partial charge in [-0.25, -0.2) is 0 Å². The second-order valence-corrected chi connectivity index (χ2v) is 6.15. The van der Waals surface area contributed by atoms with Crippen LogP contribution in [0.5, 0.6) is 5.75 Å². The number of hydrogen-bond donors (Lipinski definition) is 1. The number of amides is 2. The van der Waals surface area contributed by atoms with E-state index in [-0.39, 0.29) is 35.6 Å². The number of rotatable bonds is 3. The van der Waals surface area contributed by atoms with Gasteiger partial charge in [-0.3, -0.25) is 14.5 Å². The number of nitrogens with zero attached hydrogens (tertiary/aromatic N) is 1. The lowest BCUT2D eigenvalue weighted by molar-refractivity contribution is -0.143. The van der Waals surface area contributed by atoms with Gasteiger partial charge in [0, 0.05) is 11.8 Å². The minimum Gasteiger partial charge on any atom is -0.497 e. The molecule has 0 spiro atoms. The van der Waals surface area contributed by atoms with Gasteiger partial charge in [0.1, 0.15) is 5.75 Å². The summed E-state index contributed by atoms with van der Waals surface area (Å²) in [5.41, 5.74) is 6.99. The van der Waals surface area contributed by atoms with Gasteiger partial charge in [-0.05, 0) is 23.1 Å². The molecule has 1 saturated carbocycles. The lowest BCUT2D eigenvalue weighted by atomic mass is 10.0. The molecule has 20 heavy (non-hydrogen) atoms. The first kappa shape index (κ1) is 13.0. The number of hydrogen-bond acceptors (Lipinski definition) is 4. The lowest BCUT2D eigenvalue weighted by Crippen LogP contribution is -2.35. The molecule has 1 heterocycles. The first-order chi connectivity index (χ1) is 9.36. The molecule has 2 atom stereocenters. The zero-order valence-corrected chi connectivity index (χ0v) is 11.8. The molecule has 0 aromatic heterocycles. The number of carbonyl (C=O) groups is 2. The van der Waals surface area contributed by atoms with Gasteiger partial charge in [0.05, 0.1) is 25.5 Å². The number of nitrogens with two attached hydrogens (primary N) is 1. The standard InChI is InChI=1S/C15H18N2O3/c1-15(2)11-12(15)14(19)17(13(11)18)7-8-4-9(16)6-10(5-8)20-3/h4-6,11-12H,7,16H2,1-3H3. The largest absolute Gasteiger partial charge is 0.497 e. The summed E-state index contributed by atoms with van der Waals surface area (Å²) in [5, 5.41) is 0. The van der Waals surface area contributed by atoms with Crippen molar-refractivity contribution in [2.45, 2.75) is 20.4 Å². The van der Waals surface area contributed by atoms with Crippen LogP contribution in [-0.2, 0) is 16.1 Å². The number of ether oxygens (including phenoxy) is 1. The molecule has 1 aliphatic heterocycles. The molecular weight excluding hydrogens is 256 g/mol. The highest BCUT2D eigenvalue weighted by Crippen LogP contribution is 2.63. The molecule has 1 aromatic rings. The molecule has 1 aliphatic carbocycles. The Labute approximate surface area is 117 Å². The molecule has 1 saturated heterocycles. The average Bonchev–Trinajstić information content (AvgIpc) is 2.85. The number of nitrogen functional groups attached to an aromatic ring is 1. The Morgan fingerprint density at radius 1 is 1.20 bits per heavy atom. The van der Waals surface area contributed by atoms with Crippen LogP contribution in [0, 0.1) is 17.3 Å². The molecule has 2 unspecified atom stereocenters. The number of imide groups is 1. The molecule has 1 aromatic carbocycles. The summed E-state index contributed by atoms with van der Waals surface area (Å²) in [6, 6.07) is 5.27. The highest BCUT2D eigenvalue weighted by atomic mass is 16.5. The van der Waals surface area contributed by atoms with Crippen molar-refractivity contribution in [1.82, 2.24) is 4.90 Å². The van der Waals surface area contributed by atoms with Gasteiger partial charge in [-0.1, -0.05) is 13.8 Å². The van der Waals surface area contributed by atoms with Crippen molar-refractivity contribution in [2.75, 3.05) is 12.8 Å². The molecule has 3 rings (SSSR count). The maximum absolute atomic E-state index is 12.3. The summed E-state index contributed by atoms with van der Waals surface area (Å²) in [6.07, 6.45) is 0. The number of carbonyl (C=O) groups excluding carboxylic acids is 2. The quantitative estimate of drug-likeness (QED) is 0.668. The van der Waals surface area contributed by atoms with E-state index < -0.39 is 0 Å². The Hall–Kier alpha value is -2.04. The smallest absolute Gasteiger partial charge is 0.233 e. The fraction of sp³-hybridized carbons (Fsp3) is 0.467. The summed E-state index contributed by atoms with van der Waals surface area (Å²) in [6.45, 7) is 4.21. The number of anilines is 1. The van der Waals surface area contributed by atoms with Gasteiger partial charge in [-0.2, -0.15) is 0 Å². The van der Waals surface area contributed by atoms with Crippen molar-refractivity contribution < 1.29 is 14.3 Å². The Kier molecular flexibility index (Phi) is 2.58. The number of piperidine rings is 1. The van der Waals surface area contributed by atoms with E-state index in [1.807, 2.05) is 13.8 Å². The molecule has 5 heteroatoms. The summed E-state index contributed by atoms with van der Waals surface area (Å²) in [4.78, 5) is 25.9. The minimum absolute atomic E-state index is 0.0635. The number of methoxy groups -OCH3 is 1. The molecule has 0 bridgehead atoms. The van der Waals surface area contributed by atoms with E-state index >= 15 is 0 Å². The van der Waals surface area contributed by atoms with Gasteiger partial charge in [-0.15, -0.1) is 0 Å². The predicted octanol–water partition coefficient (Wildman–Crippen LogP) is 1.42. The van der Waals surface area contributed by atoms with E-state index in [2.05, 4.69) is 0 Å². The SMILES string of the molecule is COc1cc(N)cc(CN2C(=O)C3C(C2=O)C3(C)C)c1. The topological polar surface area (TPSA) is 72.6 Å². The van der Waals surface area contributed by atoms with Gasteiger partial charge in [0.2, 0.25) is 11.8 Å². The molecular formula is C15H18N2O3. The molecule has 0 radical (unpaired) electrons. The second-order valence-electron chi connectivity index (χ2n) is 6.15. The zero-order chi connectivity index (χ0) is 14.7. The second kappa shape index (κ2) is 3.98. The van der Waals surface area contributed by atoms with Crippen LogP contribution in [0.1, 0.15) is 19.4 Å². The van der Waals surface area contributed by atoms with Crippen LogP contribution in [0.2, 0.25) is 0 Å². The Morgan fingerprint density at radius 2 is 1.80 bits per heavy atom. The van der Waals surface area contributed by atoms with Gasteiger partial charge in [0.25, 0.3) is 0 Å². The third-order valence-electron chi connectivity index (χ3n) is 4.46.